The Morgan fingerprint density at radius 1 is 0.360 bits per heavy atom. The number of nitrogens with zero attached hydrogens (tertiary/aromatic N) is 3. The van der Waals surface area contributed by atoms with Gasteiger partial charge in [0.25, 0.3) is 0 Å². The van der Waals surface area contributed by atoms with Crippen molar-refractivity contribution in [2.45, 2.75) is 6.92 Å². The Labute approximate surface area is 290 Å². The molecule has 0 amide bonds. The fourth-order valence-electron chi connectivity index (χ4n) is 6.58. The summed E-state index contributed by atoms with van der Waals surface area (Å²) in [6.45, 7) is 2.09. The van der Waals surface area contributed by atoms with Crippen molar-refractivity contribution in [2.75, 3.05) is 0 Å². The van der Waals surface area contributed by atoms with Crippen LogP contribution in [0.15, 0.2) is 174 Å². The zero-order valence-corrected chi connectivity index (χ0v) is 27.4. The molecule has 0 unspecified atom stereocenters. The van der Waals surface area contributed by atoms with Crippen LogP contribution < -0.4 is 0 Å². The molecule has 9 aromatic rings. The molecule has 4 nitrogen and oxygen atoms in total. The van der Waals surface area contributed by atoms with E-state index in [9.17, 15) is 0 Å². The van der Waals surface area contributed by atoms with Crippen LogP contribution in [0.3, 0.4) is 0 Å². The van der Waals surface area contributed by atoms with Gasteiger partial charge in [-0.25, -0.2) is 15.0 Å². The minimum absolute atomic E-state index is 0.619. The second-order valence-electron chi connectivity index (χ2n) is 12.6. The number of aromatic nitrogens is 3. The maximum Gasteiger partial charge on any atom is 0.164 e. The number of rotatable bonds is 6. The van der Waals surface area contributed by atoms with Crippen molar-refractivity contribution in [1.29, 1.82) is 0 Å². The van der Waals surface area contributed by atoms with E-state index in [1.165, 1.54) is 16.7 Å². The summed E-state index contributed by atoms with van der Waals surface area (Å²) in [7, 11) is 0. The first-order valence-electron chi connectivity index (χ1n) is 16.8. The van der Waals surface area contributed by atoms with Gasteiger partial charge in [0, 0.05) is 33.0 Å². The van der Waals surface area contributed by atoms with E-state index in [-0.39, 0.29) is 0 Å². The Kier molecular flexibility index (Phi) is 7.33. The molecule has 0 aliphatic heterocycles. The van der Waals surface area contributed by atoms with Crippen LogP contribution in [0.25, 0.3) is 89.5 Å². The molecule has 0 spiro atoms. The van der Waals surface area contributed by atoms with E-state index in [0.717, 1.165) is 60.9 Å². The molecule has 0 bridgehead atoms. The zero-order valence-electron chi connectivity index (χ0n) is 27.4. The van der Waals surface area contributed by atoms with Gasteiger partial charge < -0.3 is 4.42 Å². The van der Waals surface area contributed by atoms with Gasteiger partial charge in [-0.1, -0.05) is 164 Å². The van der Waals surface area contributed by atoms with E-state index in [4.69, 9.17) is 19.4 Å². The smallest absolute Gasteiger partial charge is 0.164 e. The van der Waals surface area contributed by atoms with Gasteiger partial charge in [0.15, 0.2) is 17.5 Å². The highest BCUT2D eigenvalue weighted by molar-refractivity contribution is 6.09. The van der Waals surface area contributed by atoms with Gasteiger partial charge in [-0.3, -0.25) is 0 Å². The first-order chi connectivity index (χ1) is 24.7. The summed E-state index contributed by atoms with van der Waals surface area (Å²) in [6.07, 6.45) is 0. The van der Waals surface area contributed by atoms with Crippen molar-refractivity contribution in [3.05, 3.63) is 175 Å². The van der Waals surface area contributed by atoms with Crippen molar-refractivity contribution in [1.82, 2.24) is 15.0 Å². The molecule has 50 heavy (non-hydrogen) atoms. The van der Waals surface area contributed by atoms with Gasteiger partial charge in [-0.15, -0.1) is 0 Å². The lowest BCUT2D eigenvalue weighted by molar-refractivity contribution is 0.669. The lowest BCUT2D eigenvalue weighted by atomic mass is 10.0. The van der Waals surface area contributed by atoms with E-state index in [2.05, 4.69) is 165 Å². The second kappa shape index (κ2) is 12.4. The molecule has 0 saturated carbocycles. The lowest BCUT2D eigenvalue weighted by Gasteiger charge is -2.10. The third-order valence-corrected chi connectivity index (χ3v) is 9.24. The normalized spacial score (nSPS) is 11.3. The highest BCUT2D eigenvalue weighted by Gasteiger charge is 2.15. The molecular weight excluding hydrogens is 611 g/mol. The molecule has 4 heteroatoms. The van der Waals surface area contributed by atoms with Crippen LogP contribution in [-0.4, -0.2) is 15.0 Å². The number of para-hydroxylation sites is 1. The summed E-state index contributed by atoms with van der Waals surface area (Å²) in [5, 5.41) is 2.24. The van der Waals surface area contributed by atoms with Crippen molar-refractivity contribution < 1.29 is 4.42 Å². The maximum absolute atomic E-state index is 6.40. The predicted molar refractivity (Wildman–Crippen MR) is 204 cm³/mol. The van der Waals surface area contributed by atoms with Crippen LogP contribution >= 0.6 is 0 Å². The Bertz CT molecular complexity index is 2510. The van der Waals surface area contributed by atoms with E-state index >= 15 is 0 Å². The summed E-state index contributed by atoms with van der Waals surface area (Å²) in [5.41, 5.74) is 12.5. The van der Waals surface area contributed by atoms with Gasteiger partial charge in [0.05, 0.1) is 0 Å². The van der Waals surface area contributed by atoms with Crippen molar-refractivity contribution in [2.24, 2.45) is 0 Å². The molecule has 0 aliphatic rings. The summed E-state index contributed by atoms with van der Waals surface area (Å²) in [6, 6.07) is 58.7. The number of fused-ring (bicyclic) bond motifs is 3. The molecule has 0 aliphatic carbocycles. The minimum Gasteiger partial charge on any atom is -0.455 e. The fourth-order valence-corrected chi connectivity index (χ4v) is 6.58. The van der Waals surface area contributed by atoms with Crippen LogP contribution in [0, 0.1) is 6.92 Å². The third kappa shape index (κ3) is 5.53. The Morgan fingerprint density at radius 3 is 1.30 bits per heavy atom. The maximum atomic E-state index is 6.40. The van der Waals surface area contributed by atoms with Crippen molar-refractivity contribution >= 4 is 21.9 Å². The van der Waals surface area contributed by atoms with Gasteiger partial charge in [0.2, 0.25) is 0 Å². The summed E-state index contributed by atoms with van der Waals surface area (Å²) < 4.78 is 6.40. The Hall–Kier alpha value is -6.65. The Morgan fingerprint density at radius 2 is 0.800 bits per heavy atom. The fraction of sp³-hybridized carbons (Fsp3) is 0.0217. The molecule has 0 saturated heterocycles. The van der Waals surface area contributed by atoms with E-state index in [0.29, 0.717) is 17.5 Å². The van der Waals surface area contributed by atoms with E-state index in [1.807, 2.05) is 12.1 Å². The second-order valence-corrected chi connectivity index (χ2v) is 12.6. The predicted octanol–water partition coefficient (Wildman–Crippen LogP) is 12.1. The molecule has 2 aromatic heterocycles. The monoisotopic (exact) mass is 641 g/mol. The average Bonchev–Trinajstić information content (AvgIpc) is 3.56. The molecule has 0 radical (unpaired) electrons. The van der Waals surface area contributed by atoms with E-state index in [1.54, 1.807) is 0 Å². The average molecular weight is 642 g/mol. The molecule has 9 rings (SSSR count). The minimum atomic E-state index is 0.619. The number of furan rings is 1. The van der Waals surface area contributed by atoms with Gasteiger partial charge in [-0.2, -0.15) is 0 Å². The van der Waals surface area contributed by atoms with Crippen LogP contribution in [0.5, 0.6) is 0 Å². The summed E-state index contributed by atoms with van der Waals surface area (Å²) in [4.78, 5) is 15.0. The number of benzene rings is 7. The van der Waals surface area contributed by atoms with Crippen LogP contribution in [-0.2, 0) is 0 Å². The molecule has 2 heterocycles. The van der Waals surface area contributed by atoms with Crippen molar-refractivity contribution in [3.63, 3.8) is 0 Å². The SMILES string of the molecule is Cc1ccc2c(c1)oc1c(-c3ccc(-c4nc(-c5ccc(-c6ccccc6)cc5)nc(-c5ccc(-c6ccccc6)cc5)n4)cc3)cccc12. The van der Waals surface area contributed by atoms with Gasteiger partial charge >= 0.3 is 0 Å². The highest BCUT2D eigenvalue weighted by Crippen LogP contribution is 2.37. The van der Waals surface area contributed by atoms with Gasteiger partial charge in [-0.05, 0) is 46.4 Å². The molecule has 236 valence electrons. The number of aryl methyl sites for hydroxylation is 1. The van der Waals surface area contributed by atoms with Gasteiger partial charge in [0.1, 0.15) is 11.2 Å². The quantitative estimate of drug-likeness (QED) is 0.181. The zero-order chi connectivity index (χ0) is 33.4. The topological polar surface area (TPSA) is 51.8 Å². The van der Waals surface area contributed by atoms with Crippen LogP contribution in [0.2, 0.25) is 0 Å². The van der Waals surface area contributed by atoms with Crippen LogP contribution in [0.4, 0.5) is 0 Å². The van der Waals surface area contributed by atoms with Crippen molar-refractivity contribution in [3.8, 4) is 67.5 Å². The first-order valence-corrected chi connectivity index (χ1v) is 16.8. The Balaban J connectivity index is 1.11. The molecular formula is C46H31N3O. The third-order valence-electron chi connectivity index (χ3n) is 9.24. The molecule has 0 fully saturated rings. The molecule has 0 N–H and O–H groups in total. The standard InChI is InChI=1S/C46H31N3O/c1-30-15-28-40-41-14-8-13-39(43(41)50-42(40)29-30)35-20-26-38(27-21-35)46-48-44(36-22-16-33(17-23-36)31-9-4-2-5-10-31)47-45(49-46)37-24-18-34(19-25-37)32-11-6-3-7-12-32/h2-29H,1H3. The molecule has 0 atom stereocenters. The highest BCUT2D eigenvalue weighted by atomic mass is 16.3. The largest absolute Gasteiger partial charge is 0.455 e. The molecule has 7 aromatic carbocycles. The van der Waals surface area contributed by atoms with E-state index < -0.39 is 0 Å². The number of hydrogen-bond acceptors (Lipinski definition) is 4. The first kappa shape index (κ1) is 29.5. The number of hydrogen-bond donors (Lipinski definition) is 0. The lowest BCUT2D eigenvalue weighted by Crippen LogP contribution is -2.00. The summed E-state index contributed by atoms with van der Waals surface area (Å²) >= 11 is 0. The summed E-state index contributed by atoms with van der Waals surface area (Å²) in [5.74, 6) is 1.87. The van der Waals surface area contributed by atoms with Crippen LogP contribution in [0.1, 0.15) is 5.56 Å².